The van der Waals surface area contributed by atoms with Crippen LogP contribution in [0, 0.1) is 0 Å². The van der Waals surface area contributed by atoms with Crippen molar-refractivity contribution in [3.63, 3.8) is 0 Å². The van der Waals surface area contributed by atoms with Crippen LogP contribution < -0.4 is 4.90 Å². The number of pyridine rings is 1. The summed E-state index contributed by atoms with van der Waals surface area (Å²) in [7, 11) is 0.157. The lowest BCUT2D eigenvalue weighted by Crippen LogP contribution is -2.42. The average molecular weight is 441 g/mol. The van der Waals surface area contributed by atoms with Crippen molar-refractivity contribution < 1.29 is 19.1 Å². The Morgan fingerprint density at radius 1 is 1.19 bits per heavy atom. The fourth-order valence-electron chi connectivity index (χ4n) is 3.94. The van der Waals surface area contributed by atoms with Crippen LogP contribution >= 0.6 is 0 Å². The van der Waals surface area contributed by atoms with Gasteiger partial charge in [0.2, 0.25) is 5.91 Å². The molecule has 1 aliphatic heterocycles. The molecule has 0 spiro atoms. The standard InChI is InChI=1S/C24H32N2O4Si/c1-17(18-9-11-19(12-10-18)22(27)29-3)24(2)20-8-7-13-25-21(20)26(23(24)28)16-30-14-15-31(4,5)6/h7-13,17H,14-16H2,1-6H3/t17-,24-/m1/s1. The number of methoxy groups -OCH3 is 1. The molecular formula is C24H32N2O4Si. The van der Waals surface area contributed by atoms with Crippen molar-refractivity contribution in [2.24, 2.45) is 0 Å². The van der Waals surface area contributed by atoms with E-state index in [1.165, 1.54) is 7.11 Å². The molecule has 2 atom stereocenters. The van der Waals surface area contributed by atoms with Crippen LogP contribution in [-0.4, -0.2) is 45.4 Å². The van der Waals surface area contributed by atoms with E-state index in [4.69, 9.17) is 9.47 Å². The molecule has 2 aromatic rings. The number of aromatic nitrogens is 1. The lowest BCUT2D eigenvalue weighted by atomic mass is 9.71. The highest BCUT2D eigenvalue weighted by Crippen LogP contribution is 2.48. The zero-order valence-corrected chi connectivity index (χ0v) is 20.3. The van der Waals surface area contributed by atoms with Crippen molar-refractivity contribution in [1.82, 2.24) is 4.98 Å². The second-order valence-corrected chi connectivity index (χ2v) is 15.1. The number of hydrogen-bond acceptors (Lipinski definition) is 5. The van der Waals surface area contributed by atoms with Gasteiger partial charge in [-0.3, -0.25) is 9.69 Å². The SMILES string of the molecule is COC(=O)c1ccc([C@@H](C)[C@@]2(C)C(=O)N(COCC[Si](C)(C)C)c3ncccc32)cc1. The second-order valence-electron chi connectivity index (χ2n) is 9.49. The summed E-state index contributed by atoms with van der Waals surface area (Å²) in [4.78, 5) is 31.6. The van der Waals surface area contributed by atoms with E-state index in [1.54, 1.807) is 23.2 Å². The molecule has 31 heavy (non-hydrogen) atoms. The Balaban J connectivity index is 1.86. The first-order valence-corrected chi connectivity index (χ1v) is 14.3. The molecule has 3 rings (SSSR count). The summed E-state index contributed by atoms with van der Waals surface area (Å²) in [5.74, 6) is 0.153. The first kappa shape index (κ1) is 23.2. The van der Waals surface area contributed by atoms with Gasteiger partial charge < -0.3 is 9.47 Å². The van der Waals surface area contributed by atoms with E-state index in [0.717, 1.165) is 17.2 Å². The molecule has 1 aromatic carbocycles. The van der Waals surface area contributed by atoms with E-state index in [2.05, 4.69) is 24.6 Å². The van der Waals surface area contributed by atoms with Gasteiger partial charge in [0, 0.05) is 26.4 Å². The van der Waals surface area contributed by atoms with E-state index in [1.807, 2.05) is 38.1 Å². The molecule has 0 bridgehead atoms. The van der Waals surface area contributed by atoms with Crippen molar-refractivity contribution in [1.29, 1.82) is 0 Å². The third-order valence-corrected chi connectivity index (χ3v) is 7.91. The Labute approximate surface area is 185 Å². The normalized spacial score (nSPS) is 19.3. The van der Waals surface area contributed by atoms with Crippen LogP contribution in [0.4, 0.5) is 5.82 Å². The van der Waals surface area contributed by atoms with Gasteiger partial charge in [-0.25, -0.2) is 9.78 Å². The van der Waals surface area contributed by atoms with Crippen molar-refractivity contribution in [3.05, 3.63) is 59.3 Å². The maximum absolute atomic E-state index is 13.7. The van der Waals surface area contributed by atoms with Crippen LogP contribution in [0.25, 0.3) is 0 Å². The molecule has 1 amide bonds. The fraction of sp³-hybridized carbons (Fsp3) is 0.458. The molecule has 0 aliphatic carbocycles. The monoisotopic (exact) mass is 440 g/mol. The quantitative estimate of drug-likeness (QED) is 0.341. The molecule has 0 N–H and O–H groups in total. The molecule has 0 unspecified atom stereocenters. The fourth-order valence-corrected chi connectivity index (χ4v) is 4.70. The summed E-state index contributed by atoms with van der Waals surface area (Å²) in [6, 6.07) is 12.1. The van der Waals surface area contributed by atoms with Crippen LogP contribution in [0.15, 0.2) is 42.6 Å². The van der Waals surface area contributed by atoms with Gasteiger partial charge in [-0.15, -0.1) is 0 Å². The zero-order chi connectivity index (χ0) is 22.8. The highest BCUT2D eigenvalue weighted by Gasteiger charge is 2.52. The van der Waals surface area contributed by atoms with E-state index < -0.39 is 13.5 Å². The number of ether oxygens (including phenoxy) is 2. The number of amides is 1. The third-order valence-electron chi connectivity index (χ3n) is 6.21. The molecule has 1 aliphatic rings. The van der Waals surface area contributed by atoms with E-state index in [-0.39, 0.29) is 24.5 Å². The Morgan fingerprint density at radius 3 is 2.48 bits per heavy atom. The molecule has 0 saturated heterocycles. The molecule has 1 aromatic heterocycles. The number of benzene rings is 1. The molecule has 7 heteroatoms. The Morgan fingerprint density at radius 2 is 1.87 bits per heavy atom. The van der Waals surface area contributed by atoms with E-state index in [9.17, 15) is 9.59 Å². The van der Waals surface area contributed by atoms with E-state index >= 15 is 0 Å². The first-order chi connectivity index (χ1) is 14.6. The predicted octanol–water partition coefficient (Wildman–Crippen LogP) is 4.59. The first-order valence-electron chi connectivity index (χ1n) is 10.6. The van der Waals surface area contributed by atoms with Gasteiger partial charge >= 0.3 is 5.97 Å². The average Bonchev–Trinajstić information content (AvgIpc) is 2.97. The predicted molar refractivity (Wildman–Crippen MR) is 124 cm³/mol. The van der Waals surface area contributed by atoms with E-state index in [0.29, 0.717) is 18.0 Å². The van der Waals surface area contributed by atoms with Gasteiger partial charge in [0.15, 0.2) is 0 Å². The van der Waals surface area contributed by atoms with Gasteiger partial charge in [0.1, 0.15) is 12.5 Å². The number of carbonyl (C=O) groups excluding carboxylic acids is 2. The minimum absolute atomic E-state index is 0.0150. The van der Waals surface area contributed by atoms with Gasteiger partial charge in [-0.2, -0.15) is 0 Å². The largest absolute Gasteiger partial charge is 0.465 e. The molecule has 0 radical (unpaired) electrons. The molecule has 0 saturated carbocycles. The van der Waals surface area contributed by atoms with Crippen LogP contribution in [-0.2, 0) is 19.7 Å². The number of fused-ring (bicyclic) bond motifs is 1. The molecule has 2 heterocycles. The van der Waals surface area contributed by atoms with Crippen molar-refractivity contribution in [3.8, 4) is 0 Å². The molecular weight excluding hydrogens is 408 g/mol. The summed E-state index contributed by atoms with van der Waals surface area (Å²) in [5, 5.41) is 0. The maximum atomic E-state index is 13.7. The zero-order valence-electron chi connectivity index (χ0n) is 19.3. The number of nitrogens with zero attached hydrogens (tertiary/aromatic N) is 2. The number of carbonyl (C=O) groups is 2. The Kier molecular flexibility index (Phi) is 6.67. The van der Waals surface area contributed by atoms with Crippen molar-refractivity contribution in [2.75, 3.05) is 25.3 Å². The second kappa shape index (κ2) is 8.92. The Hall–Kier alpha value is -2.51. The topological polar surface area (TPSA) is 68.7 Å². The van der Waals surface area contributed by atoms with Gasteiger partial charge in [-0.1, -0.05) is 44.8 Å². The van der Waals surface area contributed by atoms with Crippen LogP contribution in [0.5, 0.6) is 0 Å². The van der Waals surface area contributed by atoms with Gasteiger partial charge in [-0.05, 0) is 42.6 Å². The molecule has 6 nitrogen and oxygen atoms in total. The maximum Gasteiger partial charge on any atom is 0.337 e. The van der Waals surface area contributed by atoms with Crippen molar-refractivity contribution in [2.45, 2.75) is 50.9 Å². The number of esters is 1. The highest BCUT2D eigenvalue weighted by molar-refractivity contribution is 6.76. The molecule has 0 fully saturated rings. The number of rotatable bonds is 8. The number of anilines is 1. The smallest absolute Gasteiger partial charge is 0.337 e. The highest BCUT2D eigenvalue weighted by atomic mass is 28.3. The van der Waals surface area contributed by atoms with Crippen molar-refractivity contribution >= 4 is 25.8 Å². The summed E-state index contributed by atoms with van der Waals surface area (Å²) in [6.45, 7) is 11.8. The van der Waals surface area contributed by atoms with Gasteiger partial charge in [0.05, 0.1) is 18.1 Å². The summed E-state index contributed by atoms with van der Waals surface area (Å²) >= 11 is 0. The van der Waals surface area contributed by atoms with Gasteiger partial charge in [0.25, 0.3) is 0 Å². The summed E-state index contributed by atoms with van der Waals surface area (Å²) < 4.78 is 10.7. The minimum atomic E-state index is -1.21. The number of hydrogen-bond donors (Lipinski definition) is 0. The lowest BCUT2D eigenvalue weighted by Gasteiger charge is -2.31. The molecule has 166 valence electrons. The Bertz CT molecular complexity index is 955. The van der Waals surface area contributed by atoms with Crippen LogP contribution in [0.2, 0.25) is 25.7 Å². The van der Waals surface area contributed by atoms with Crippen LogP contribution in [0.3, 0.4) is 0 Å². The summed E-state index contributed by atoms with van der Waals surface area (Å²) in [6.07, 6.45) is 1.71. The third kappa shape index (κ3) is 4.57. The summed E-state index contributed by atoms with van der Waals surface area (Å²) in [5.41, 5.74) is 1.58. The minimum Gasteiger partial charge on any atom is -0.465 e. The lowest BCUT2D eigenvalue weighted by molar-refractivity contribution is -0.124. The van der Waals surface area contributed by atoms with Crippen LogP contribution in [0.1, 0.15) is 41.3 Å².